The summed E-state index contributed by atoms with van der Waals surface area (Å²) in [5.41, 5.74) is 1.65. The van der Waals surface area contributed by atoms with Crippen LogP contribution in [0, 0.1) is 6.92 Å². The highest BCUT2D eigenvalue weighted by atomic mass is 19.4. The molecule has 0 saturated heterocycles. The van der Waals surface area contributed by atoms with Gasteiger partial charge in [0.25, 0.3) is 5.91 Å². The molecular formula is C19H19F3N2O3. The fourth-order valence-corrected chi connectivity index (χ4v) is 2.50. The lowest BCUT2D eigenvalue weighted by Crippen LogP contribution is -2.40. The maximum Gasteiger partial charge on any atom is 0.471 e. The highest BCUT2D eigenvalue weighted by molar-refractivity contribution is 6.06. The van der Waals surface area contributed by atoms with Crippen molar-refractivity contribution in [2.24, 2.45) is 0 Å². The van der Waals surface area contributed by atoms with Gasteiger partial charge in [-0.2, -0.15) is 13.2 Å². The fraction of sp³-hybridized carbons (Fsp3) is 0.263. The van der Waals surface area contributed by atoms with Crippen LogP contribution in [-0.2, 0) is 11.3 Å². The zero-order chi connectivity index (χ0) is 20.2. The number of hydrogen-bond acceptors (Lipinski definition) is 3. The van der Waals surface area contributed by atoms with Crippen molar-refractivity contribution in [2.75, 3.05) is 11.9 Å². The highest BCUT2D eigenvalue weighted by Crippen LogP contribution is 2.22. The number of phenols is 1. The number of carbonyl (C=O) groups excluding carboxylic acids is 2. The Labute approximate surface area is 154 Å². The molecule has 27 heavy (non-hydrogen) atoms. The van der Waals surface area contributed by atoms with Gasteiger partial charge in [0, 0.05) is 18.8 Å². The Balaban J connectivity index is 2.16. The molecule has 2 N–H and O–H groups in total. The van der Waals surface area contributed by atoms with E-state index < -0.39 is 18.0 Å². The number of aromatic hydroxyl groups is 1. The number of aryl methyl sites for hydroxylation is 1. The summed E-state index contributed by atoms with van der Waals surface area (Å²) in [6.07, 6.45) is -4.94. The lowest BCUT2D eigenvalue weighted by Gasteiger charge is -2.22. The molecule has 0 spiro atoms. The second kappa shape index (κ2) is 8.11. The van der Waals surface area contributed by atoms with E-state index in [1.807, 2.05) is 0 Å². The SMILES string of the molecule is CCN(Cc1cccc(NC(=O)c2cc(C)ccc2O)c1)C(=O)C(F)(F)F. The van der Waals surface area contributed by atoms with Gasteiger partial charge in [-0.15, -0.1) is 0 Å². The summed E-state index contributed by atoms with van der Waals surface area (Å²) in [4.78, 5) is 24.4. The molecule has 0 aliphatic rings. The molecule has 0 heterocycles. The number of alkyl halides is 3. The molecule has 0 unspecified atom stereocenters. The van der Waals surface area contributed by atoms with Gasteiger partial charge in [-0.1, -0.05) is 23.8 Å². The second-order valence-corrected chi connectivity index (χ2v) is 5.99. The molecule has 0 atom stereocenters. The minimum Gasteiger partial charge on any atom is -0.507 e. The van der Waals surface area contributed by atoms with Gasteiger partial charge in [0.15, 0.2) is 0 Å². The molecule has 8 heteroatoms. The third-order valence-electron chi connectivity index (χ3n) is 3.87. The standard InChI is InChI=1S/C19H19F3N2O3/c1-3-24(18(27)19(20,21)22)11-13-5-4-6-14(10-13)23-17(26)15-9-12(2)7-8-16(15)25/h4-10,25H,3,11H2,1-2H3,(H,23,26). The van der Waals surface area contributed by atoms with Crippen LogP contribution >= 0.6 is 0 Å². The number of anilines is 1. The van der Waals surface area contributed by atoms with Crippen molar-refractivity contribution in [2.45, 2.75) is 26.6 Å². The Kier molecular flexibility index (Phi) is 6.09. The molecule has 5 nitrogen and oxygen atoms in total. The zero-order valence-electron chi connectivity index (χ0n) is 14.8. The Morgan fingerprint density at radius 3 is 2.48 bits per heavy atom. The molecule has 2 aromatic rings. The summed E-state index contributed by atoms with van der Waals surface area (Å²) in [7, 11) is 0. The summed E-state index contributed by atoms with van der Waals surface area (Å²) in [5, 5.41) is 12.4. The molecular weight excluding hydrogens is 361 g/mol. The number of rotatable bonds is 5. The average Bonchev–Trinajstić information content (AvgIpc) is 2.60. The molecule has 0 aliphatic heterocycles. The molecule has 0 aromatic heterocycles. The molecule has 0 aliphatic carbocycles. The van der Waals surface area contributed by atoms with E-state index >= 15 is 0 Å². The van der Waals surface area contributed by atoms with Crippen LogP contribution in [0.2, 0.25) is 0 Å². The zero-order valence-corrected chi connectivity index (χ0v) is 14.8. The van der Waals surface area contributed by atoms with Crippen molar-refractivity contribution in [3.05, 3.63) is 59.2 Å². The van der Waals surface area contributed by atoms with E-state index in [0.29, 0.717) is 16.2 Å². The predicted molar refractivity (Wildman–Crippen MR) is 94.4 cm³/mol. The van der Waals surface area contributed by atoms with E-state index in [-0.39, 0.29) is 24.4 Å². The topological polar surface area (TPSA) is 69.6 Å². The van der Waals surface area contributed by atoms with Crippen molar-refractivity contribution in [1.29, 1.82) is 0 Å². The molecule has 0 radical (unpaired) electrons. The first kappa shape index (κ1) is 20.3. The number of phenolic OH excluding ortho intramolecular Hbond substituents is 1. The van der Waals surface area contributed by atoms with E-state index in [4.69, 9.17) is 0 Å². The van der Waals surface area contributed by atoms with Gasteiger partial charge < -0.3 is 15.3 Å². The van der Waals surface area contributed by atoms with Gasteiger partial charge in [-0.05, 0) is 43.7 Å². The van der Waals surface area contributed by atoms with Crippen LogP contribution in [0.25, 0.3) is 0 Å². The predicted octanol–water partition coefficient (Wildman–Crippen LogP) is 3.86. The third kappa shape index (κ3) is 5.22. The molecule has 0 saturated carbocycles. The first-order chi connectivity index (χ1) is 12.6. The number of nitrogens with zero attached hydrogens (tertiary/aromatic N) is 1. The minimum absolute atomic E-state index is 0.0860. The average molecular weight is 380 g/mol. The molecule has 2 aromatic carbocycles. The molecule has 2 rings (SSSR count). The molecule has 0 bridgehead atoms. The van der Waals surface area contributed by atoms with Crippen molar-refractivity contribution >= 4 is 17.5 Å². The fourth-order valence-electron chi connectivity index (χ4n) is 2.50. The monoisotopic (exact) mass is 380 g/mol. The molecule has 144 valence electrons. The van der Waals surface area contributed by atoms with E-state index in [1.54, 1.807) is 31.2 Å². The lowest BCUT2D eigenvalue weighted by molar-refractivity contribution is -0.185. The first-order valence-corrected chi connectivity index (χ1v) is 8.17. The number of hydrogen-bond donors (Lipinski definition) is 2. The Bertz CT molecular complexity index is 850. The van der Waals surface area contributed by atoms with Crippen LogP contribution in [0.3, 0.4) is 0 Å². The maximum absolute atomic E-state index is 12.6. The van der Waals surface area contributed by atoms with Gasteiger partial charge in [0.1, 0.15) is 5.75 Å². The highest BCUT2D eigenvalue weighted by Gasteiger charge is 2.41. The number of carbonyl (C=O) groups is 2. The first-order valence-electron chi connectivity index (χ1n) is 8.17. The van der Waals surface area contributed by atoms with Crippen molar-refractivity contribution in [3.63, 3.8) is 0 Å². The summed E-state index contributed by atoms with van der Waals surface area (Å²) in [6.45, 7) is 2.88. The molecule has 2 amide bonds. The Hall–Kier alpha value is -3.03. The van der Waals surface area contributed by atoms with Crippen LogP contribution in [-0.4, -0.2) is 34.5 Å². The van der Waals surface area contributed by atoms with Crippen LogP contribution in [0.1, 0.15) is 28.4 Å². The van der Waals surface area contributed by atoms with Crippen LogP contribution in [0.15, 0.2) is 42.5 Å². The third-order valence-corrected chi connectivity index (χ3v) is 3.87. The van der Waals surface area contributed by atoms with E-state index in [2.05, 4.69) is 5.32 Å². The number of nitrogens with one attached hydrogen (secondary N) is 1. The van der Waals surface area contributed by atoms with E-state index in [0.717, 1.165) is 5.56 Å². The summed E-state index contributed by atoms with van der Waals surface area (Å²) in [5.74, 6) is -2.64. The largest absolute Gasteiger partial charge is 0.507 e. The van der Waals surface area contributed by atoms with Gasteiger partial charge in [0.2, 0.25) is 0 Å². The van der Waals surface area contributed by atoms with Crippen molar-refractivity contribution in [3.8, 4) is 5.75 Å². The smallest absolute Gasteiger partial charge is 0.471 e. The maximum atomic E-state index is 12.6. The lowest BCUT2D eigenvalue weighted by atomic mass is 10.1. The van der Waals surface area contributed by atoms with Crippen LogP contribution in [0.4, 0.5) is 18.9 Å². The van der Waals surface area contributed by atoms with Crippen molar-refractivity contribution < 1.29 is 27.9 Å². The van der Waals surface area contributed by atoms with Gasteiger partial charge in [0.05, 0.1) is 5.56 Å². The second-order valence-electron chi connectivity index (χ2n) is 5.99. The number of amides is 2. The number of benzene rings is 2. The minimum atomic E-state index is -4.94. The quantitative estimate of drug-likeness (QED) is 0.828. The van der Waals surface area contributed by atoms with Crippen molar-refractivity contribution in [1.82, 2.24) is 4.90 Å². The molecule has 0 fully saturated rings. The van der Waals surface area contributed by atoms with Gasteiger partial charge >= 0.3 is 12.1 Å². The van der Waals surface area contributed by atoms with E-state index in [9.17, 15) is 27.9 Å². The van der Waals surface area contributed by atoms with Gasteiger partial charge in [-0.3, -0.25) is 9.59 Å². The normalized spacial score (nSPS) is 11.1. The van der Waals surface area contributed by atoms with Crippen LogP contribution in [0.5, 0.6) is 5.75 Å². The summed E-state index contributed by atoms with van der Waals surface area (Å²) in [6, 6.07) is 10.8. The van der Waals surface area contributed by atoms with Gasteiger partial charge in [-0.25, -0.2) is 0 Å². The summed E-state index contributed by atoms with van der Waals surface area (Å²) < 4.78 is 37.9. The van der Waals surface area contributed by atoms with E-state index in [1.165, 1.54) is 25.1 Å². The summed E-state index contributed by atoms with van der Waals surface area (Å²) >= 11 is 0. The Morgan fingerprint density at radius 1 is 1.15 bits per heavy atom. The Morgan fingerprint density at radius 2 is 1.85 bits per heavy atom. The van der Waals surface area contributed by atoms with Crippen LogP contribution < -0.4 is 5.32 Å². The number of halogens is 3.